The first-order valence-corrected chi connectivity index (χ1v) is 43.3. The number of ether oxygens (including phenoxy) is 1. The summed E-state index contributed by atoms with van der Waals surface area (Å²) in [5.41, 5.74) is 3.95. The Bertz CT molecular complexity index is 5360. The first-order chi connectivity index (χ1) is 57.9. The molecule has 21 rings (SSSR count). The third-order valence-electron chi connectivity index (χ3n) is 27.6. The molecule has 5 aliphatic carbocycles. The van der Waals surface area contributed by atoms with Crippen LogP contribution < -0.4 is 29.4 Å². The van der Waals surface area contributed by atoms with Gasteiger partial charge in [-0.2, -0.15) is 23.7 Å². The van der Waals surface area contributed by atoms with Gasteiger partial charge in [0.15, 0.2) is 0 Å². The van der Waals surface area contributed by atoms with Crippen LogP contribution in [0.1, 0.15) is 96.4 Å². The Hall–Kier alpha value is -10.6. The molecule has 5 N–H and O–H groups in total. The molecule has 120 heavy (non-hydrogen) atoms. The van der Waals surface area contributed by atoms with Crippen molar-refractivity contribution < 1.29 is 22.7 Å². The second-order valence-corrected chi connectivity index (χ2v) is 37.4. The van der Waals surface area contributed by atoms with Crippen molar-refractivity contribution in [2.45, 2.75) is 140 Å². The van der Waals surface area contributed by atoms with Crippen molar-refractivity contribution >= 4 is 107 Å². The lowest BCUT2D eigenvalue weighted by molar-refractivity contribution is -0.144. The van der Waals surface area contributed by atoms with E-state index in [1.54, 1.807) is 47.9 Å². The van der Waals surface area contributed by atoms with Crippen molar-refractivity contribution in [3.05, 3.63) is 98.0 Å². The Balaban J connectivity index is 0.000000107. The number of carbonyl (C=O) groups excluding carboxylic acids is 1. The summed E-state index contributed by atoms with van der Waals surface area (Å²) in [4.78, 5) is 94.0. The summed E-state index contributed by atoms with van der Waals surface area (Å²) >= 11 is 1.70. The number of anilines is 6. The van der Waals surface area contributed by atoms with E-state index in [-0.39, 0.29) is 6.09 Å². The molecule has 10 aliphatic rings. The number of amides is 1. The van der Waals surface area contributed by atoms with Crippen LogP contribution in [0.3, 0.4) is 0 Å². The lowest BCUT2D eigenvalue weighted by Crippen LogP contribution is -2.37. The van der Waals surface area contributed by atoms with E-state index in [0.29, 0.717) is 79.9 Å². The van der Waals surface area contributed by atoms with Gasteiger partial charge in [-0.05, 0) is 181 Å². The minimum Gasteiger partial charge on any atom is -0.444 e. The van der Waals surface area contributed by atoms with Crippen LogP contribution in [-0.2, 0) is 4.74 Å². The van der Waals surface area contributed by atoms with Crippen molar-refractivity contribution in [3.8, 4) is 12.1 Å². The summed E-state index contributed by atoms with van der Waals surface area (Å²) < 4.78 is 43.2. The smallest absolute Gasteiger partial charge is 0.410 e. The van der Waals surface area contributed by atoms with Gasteiger partial charge in [-0.3, -0.25) is 9.80 Å². The standard InChI is InChI=1S/C19H27N5O2.C17H21N7S.C17H22N6.C16H20F3N5.C16H20N6/c1-19(2,3)26-18(25)24-9-12-7-14(8-13(12)10-24)23(4)17-15-5-6-20-16(15)21-11-22-17;1-10-21-22-17(25-10)24-7-11-5-13(6-12(11)8-24)23(2)16-14-3-4-18-15(14)19-9-20-16;1-22(17-15-3-5-19-16(15)20-11-21-17)14-7-12-9-23(6-2-4-18)10-13(12)8-14;1-23(15-13-2-3-20-14(13)21-9-22-15)12-4-10-6-24(7-11(10)5-12)8-16(17,18)19;1-21(16-14-2-4-18-15(14)19-10-20-16)13-6-11-8-22(5-3-17)9-12(11)7-13/h5-6,11-14H,7-10H2,1-4H3,(H,20,21,22);3-4,9,11-13H,5-8H2,1-2H3,(H,18,19,20);3,5,11-14H,2,6-10H2,1H3,(H,19,20,21);2-3,9-12H,4-8H2,1H3,(H,20,21,22);2,4,10-13H,5-9H2,1H3,(H,18,19,20)/t12-,13+,14?;11-,12+,13?;12-,13+,14?;10-,11+,12?;11-,12+,13?. The number of hydrogen-bond acceptors (Lipinski definition) is 26. The van der Waals surface area contributed by atoms with Gasteiger partial charge in [0.1, 0.15) is 99.6 Å². The molecule has 634 valence electrons. The largest absolute Gasteiger partial charge is 0.444 e. The molecule has 31 nitrogen and oxygen atoms in total. The van der Waals surface area contributed by atoms with Crippen molar-refractivity contribution in [2.24, 2.45) is 59.2 Å². The van der Waals surface area contributed by atoms with Gasteiger partial charge in [0.2, 0.25) is 5.13 Å². The predicted octanol–water partition coefficient (Wildman–Crippen LogP) is 11.8. The average molecular weight is 1660 g/mol. The van der Waals surface area contributed by atoms with E-state index in [0.717, 1.165) is 214 Å². The Kier molecular flexibility index (Phi) is 23.5. The van der Waals surface area contributed by atoms with Gasteiger partial charge >= 0.3 is 12.3 Å². The number of aromatic amines is 5. The molecule has 5 aliphatic heterocycles. The highest BCUT2D eigenvalue weighted by Gasteiger charge is 2.49. The lowest BCUT2D eigenvalue weighted by Gasteiger charge is -2.28. The number of halogens is 3. The first kappa shape index (κ1) is 81.7. The number of nitriles is 2. The maximum Gasteiger partial charge on any atom is 0.410 e. The van der Waals surface area contributed by atoms with E-state index < -0.39 is 18.3 Å². The minimum atomic E-state index is -4.10. The molecule has 11 aromatic heterocycles. The lowest BCUT2D eigenvalue weighted by atomic mass is 10.0. The van der Waals surface area contributed by atoms with E-state index >= 15 is 0 Å². The number of nitrogens with one attached hydrogen (secondary N) is 5. The van der Waals surface area contributed by atoms with Crippen LogP contribution in [0, 0.1) is 88.8 Å². The number of fused-ring (bicyclic) bond motifs is 10. The summed E-state index contributed by atoms with van der Waals surface area (Å²) in [5.74, 6) is 11.2. The Morgan fingerprint density at radius 1 is 0.442 bits per heavy atom. The van der Waals surface area contributed by atoms with Gasteiger partial charge in [-0.15, -0.1) is 10.2 Å². The van der Waals surface area contributed by atoms with Crippen molar-refractivity contribution in [3.63, 3.8) is 0 Å². The number of aryl methyl sites for hydroxylation is 1. The maximum absolute atomic E-state index is 12.6. The van der Waals surface area contributed by atoms with Gasteiger partial charge in [0.25, 0.3) is 0 Å². The van der Waals surface area contributed by atoms with Gasteiger partial charge in [-0.25, -0.2) is 54.6 Å². The van der Waals surface area contributed by atoms with Crippen LogP contribution in [-0.4, -0.2) is 273 Å². The average Bonchev–Trinajstić information content (AvgIpc) is 1.65. The maximum atomic E-state index is 12.6. The summed E-state index contributed by atoms with van der Waals surface area (Å²) in [7, 11) is 10.6. The van der Waals surface area contributed by atoms with E-state index in [2.05, 4.69) is 177 Å². The molecule has 5 saturated carbocycles. The molecule has 5 unspecified atom stereocenters. The molecule has 0 bridgehead atoms. The van der Waals surface area contributed by atoms with Crippen molar-refractivity contribution in [1.29, 1.82) is 10.5 Å². The number of aromatic nitrogens is 17. The third kappa shape index (κ3) is 17.5. The highest BCUT2D eigenvalue weighted by Crippen LogP contribution is 2.48. The van der Waals surface area contributed by atoms with Crippen molar-refractivity contribution in [1.82, 2.24) is 105 Å². The number of hydrogen-bond donors (Lipinski definition) is 5. The fraction of sp³-hybridized carbons (Fsp3) is 0.588. The summed E-state index contributed by atoms with van der Waals surface area (Å²) in [5, 5.41) is 33.5. The number of likely N-dealkylation sites (tertiary alicyclic amines) is 4. The zero-order valence-electron chi connectivity index (χ0n) is 69.9. The van der Waals surface area contributed by atoms with Crippen LogP contribution in [0.5, 0.6) is 0 Å². The second-order valence-electron chi connectivity index (χ2n) is 36.2. The quantitative estimate of drug-likeness (QED) is 0.0595. The minimum absolute atomic E-state index is 0.179. The van der Waals surface area contributed by atoms with E-state index in [1.807, 2.05) is 88.8 Å². The van der Waals surface area contributed by atoms with Crippen LogP contribution in [0.25, 0.3) is 55.2 Å². The highest BCUT2D eigenvalue weighted by molar-refractivity contribution is 7.15. The summed E-state index contributed by atoms with van der Waals surface area (Å²) in [6.07, 6.45) is 25.2. The monoisotopic (exact) mass is 1660 g/mol. The topological polar surface area (TPSA) is 340 Å². The summed E-state index contributed by atoms with van der Waals surface area (Å²) in [6.45, 7) is 17.9. The third-order valence-corrected chi connectivity index (χ3v) is 28.5. The number of rotatable bonds is 15. The zero-order chi connectivity index (χ0) is 83.3. The molecule has 16 heterocycles. The summed E-state index contributed by atoms with van der Waals surface area (Å²) in [6, 6.07) is 17.1. The number of carbonyl (C=O) groups is 1. The SMILES string of the molecule is CN(c1ncnc2[nH]ccc12)C1C[C@@H]2CN(C(=O)OC(C)(C)C)C[C@@H]2C1.CN(c1ncnc2[nH]ccc12)C1C[C@@H]2CN(CC#N)C[C@@H]2C1.CN(c1ncnc2[nH]ccc12)C1C[C@@H]2CN(CC(F)(F)F)C[C@@H]2C1.CN(c1ncnc2[nH]ccc12)C1C[C@@H]2CN(CCC#N)C[C@@H]2C1.Cc1nnc(N2C[C@H]3CC(N(C)c4ncnc5[nH]ccc45)C[C@H]3C2)s1. The van der Waals surface area contributed by atoms with E-state index in [4.69, 9.17) is 15.3 Å². The zero-order valence-corrected chi connectivity index (χ0v) is 70.7. The molecule has 0 radical (unpaired) electrons. The van der Waals surface area contributed by atoms with Crippen molar-refractivity contribution in [2.75, 3.05) is 150 Å². The van der Waals surface area contributed by atoms with Crippen LogP contribution in [0.2, 0.25) is 0 Å². The Morgan fingerprint density at radius 2 is 0.742 bits per heavy atom. The number of alkyl halides is 3. The molecule has 0 spiro atoms. The Morgan fingerprint density at radius 3 is 1.02 bits per heavy atom. The second kappa shape index (κ2) is 34.5. The molecule has 35 heteroatoms. The van der Waals surface area contributed by atoms with Gasteiger partial charge in [0.05, 0.1) is 52.2 Å². The highest BCUT2D eigenvalue weighted by atomic mass is 32.1. The van der Waals surface area contributed by atoms with E-state index in [9.17, 15) is 18.0 Å². The number of nitrogens with zero attached hydrogens (tertiary/aromatic N) is 24. The molecule has 15 atom stereocenters. The predicted molar refractivity (Wildman–Crippen MR) is 457 cm³/mol. The van der Waals surface area contributed by atoms with Crippen LogP contribution >= 0.6 is 11.3 Å². The van der Waals surface area contributed by atoms with E-state index in [1.165, 1.54) is 38.5 Å². The fourth-order valence-electron chi connectivity index (χ4n) is 21.8. The van der Waals surface area contributed by atoms with Gasteiger partial charge < -0.3 is 68.9 Å². The normalized spacial score (nSPS) is 26.8. The molecule has 0 aromatic carbocycles. The molecule has 10 fully saturated rings. The fourth-order valence-corrected chi connectivity index (χ4v) is 22.5. The molecule has 1 amide bonds. The molecule has 11 aromatic rings. The number of H-pyrrole nitrogens is 5. The molecule has 5 saturated heterocycles. The molecular weight excluding hydrogens is 1550 g/mol. The van der Waals surface area contributed by atoms with Crippen LogP contribution in [0.4, 0.5) is 52.2 Å². The van der Waals surface area contributed by atoms with Crippen LogP contribution in [0.15, 0.2) is 93.0 Å². The first-order valence-electron chi connectivity index (χ1n) is 42.5. The molecular formula is C85H110F3N29O2S. The van der Waals surface area contributed by atoms with Gasteiger partial charge in [0, 0.05) is 175 Å². The van der Waals surface area contributed by atoms with Gasteiger partial charge in [-0.1, -0.05) is 11.3 Å². The Labute approximate surface area is 700 Å².